The first kappa shape index (κ1) is 11.5. The van der Waals surface area contributed by atoms with Crippen molar-refractivity contribution < 1.29 is 9.53 Å². The molecule has 0 bridgehead atoms. The lowest BCUT2D eigenvalue weighted by molar-refractivity contribution is -0.139. The van der Waals surface area contributed by atoms with Gasteiger partial charge in [0.25, 0.3) is 0 Å². The third-order valence-electron chi connectivity index (χ3n) is 1.55. The van der Waals surface area contributed by atoms with Gasteiger partial charge in [-0.3, -0.25) is 4.79 Å². The van der Waals surface area contributed by atoms with E-state index >= 15 is 0 Å². The third kappa shape index (κ3) is 2.99. The molecular weight excluding hydrogens is 266 g/mol. The molecule has 14 heavy (non-hydrogen) atoms. The van der Waals surface area contributed by atoms with E-state index in [2.05, 4.69) is 25.7 Å². The molecule has 0 aliphatic carbocycles. The summed E-state index contributed by atoms with van der Waals surface area (Å²) in [5.41, 5.74) is 0. The van der Waals surface area contributed by atoms with E-state index in [1.807, 2.05) is 12.1 Å². The van der Waals surface area contributed by atoms with Gasteiger partial charge in [0.05, 0.1) is 7.11 Å². The number of ether oxygens (including phenoxy) is 1. The van der Waals surface area contributed by atoms with Crippen LogP contribution in [0, 0.1) is 0 Å². The van der Waals surface area contributed by atoms with Gasteiger partial charge in [-0.1, -0.05) is 11.8 Å². The predicted octanol–water partition coefficient (Wildman–Crippen LogP) is 2.50. The summed E-state index contributed by atoms with van der Waals surface area (Å²) in [6.07, 6.45) is 1.69. The number of carbonyl (C=O) groups excluding carboxylic acids is 1. The second kappa shape index (κ2) is 5.36. The van der Waals surface area contributed by atoms with Gasteiger partial charge in [0.2, 0.25) is 0 Å². The van der Waals surface area contributed by atoms with Crippen LogP contribution in [0.3, 0.4) is 0 Å². The fourth-order valence-corrected chi connectivity index (χ4v) is 2.20. The Hall–Kier alpha value is -0.550. The highest BCUT2D eigenvalue weighted by molar-refractivity contribution is 9.10. The lowest BCUT2D eigenvalue weighted by Gasteiger charge is -2.08. The molecule has 1 atom stereocenters. The second-order valence-electron chi connectivity index (χ2n) is 2.57. The van der Waals surface area contributed by atoms with E-state index in [1.165, 1.54) is 18.9 Å². The number of rotatable bonds is 3. The Kier molecular flexibility index (Phi) is 4.41. The number of pyridine rings is 1. The van der Waals surface area contributed by atoms with Crippen LogP contribution in [0.5, 0.6) is 0 Å². The van der Waals surface area contributed by atoms with Gasteiger partial charge in [0.15, 0.2) is 0 Å². The highest BCUT2D eigenvalue weighted by Gasteiger charge is 2.16. The first-order valence-corrected chi connectivity index (χ1v) is 5.67. The molecule has 0 N–H and O–H groups in total. The van der Waals surface area contributed by atoms with Crippen LogP contribution < -0.4 is 0 Å². The number of carbonyl (C=O) groups is 1. The quantitative estimate of drug-likeness (QED) is 0.628. The minimum Gasteiger partial charge on any atom is -0.468 e. The van der Waals surface area contributed by atoms with Crippen molar-refractivity contribution in [1.82, 2.24) is 4.98 Å². The van der Waals surface area contributed by atoms with Gasteiger partial charge in [-0.25, -0.2) is 4.98 Å². The molecule has 1 aromatic heterocycles. The maximum atomic E-state index is 11.1. The Balaban J connectivity index is 2.69. The second-order valence-corrected chi connectivity index (χ2v) is 4.76. The molecule has 0 radical (unpaired) electrons. The van der Waals surface area contributed by atoms with Crippen LogP contribution in [-0.2, 0) is 9.53 Å². The van der Waals surface area contributed by atoms with E-state index in [0.29, 0.717) is 0 Å². The van der Waals surface area contributed by atoms with Crippen LogP contribution >= 0.6 is 27.7 Å². The van der Waals surface area contributed by atoms with Crippen molar-refractivity contribution in [1.29, 1.82) is 0 Å². The molecule has 76 valence electrons. The van der Waals surface area contributed by atoms with Gasteiger partial charge >= 0.3 is 5.97 Å². The van der Waals surface area contributed by atoms with Crippen LogP contribution in [0.2, 0.25) is 0 Å². The molecule has 0 aromatic carbocycles. The monoisotopic (exact) mass is 275 g/mol. The number of aromatic nitrogens is 1. The Morgan fingerprint density at radius 1 is 1.71 bits per heavy atom. The summed E-state index contributed by atoms with van der Waals surface area (Å²) in [4.78, 5) is 15.3. The van der Waals surface area contributed by atoms with E-state index in [-0.39, 0.29) is 11.2 Å². The average Bonchev–Trinajstić information content (AvgIpc) is 2.20. The van der Waals surface area contributed by atoms with Crippen molar-refractivity contribution in [3.05, 3.63) is 22.8 Å². The number of halogens is 1. The zero-order valence-electron chi connectivity index (χ0n) is 7.86. The van der Waals surface area contributed by atoms with Gasteiger partial charge in [-0.2, -0.15) is 0 Å². The number of esters is 1. The van der Waals surface area contributed by atoms with Crippen molar-refractivity contribution in [2.75, 3.05) is 7.11 Å². The van der Waals surface area contributed by atoms with E-state index < -0.39 is 0 Å². The maximum absolute atomic E-state index is 11.1. The van der Waals surface area contributed by atoms with E-state index in [0.717, 1.165) is 9.50 Å². The molecule has 0 saturated carbocycles. The molecule has 1 unspecified atom stereocenters. The normalized spacial score (nSPS) is 12.2. The lowest BCUT2D eigenvalue weighted by Crippen LogP contribution is -2.14. The van der Waals surface area contributed by atoms with E-state index in [4.69, 9.17) is 0 Å². The summed E-state index contributed by atoms with van der Waals surface area (Å²) < 4.78 is 5.51. The summed E-state index contributed by atoms with van der Waals surface area (Å²) in [6.45, 7) is 1.79. The number of methoxy groups -OCH3 is 1. The Morgan fingerprint density at radius 2 is 2.43 bits per heavy atom. The first-order valence-electron chi connectivity index (χ1n) is 4.00. The van der Waals surface area contributed by atoms with Crippen molar-refractivity contribution >= 4 is 33.7 Å². The summed E-state index contributed by atoms with van der Waals surface area (Å²) in [7, 11) is 1.38. The predicted molar refractivity (Wildman–Crippen MR) is 59.3 cm³/mol. The lowest BCUT2D eigenvalue weighted by atomic mass is 10.5. The van der Waals surface area contributed by atoms with Crippen LogP contribution in [0.15, 0.2) is 27.8 Å². The molecule has 5 heteroatoms. The molecule has 0 spiro atoms. The maximum Gasteiger partial charge on any atom is 0.318 e. The van der Waals surface area contributed by atoms with Gasteiger partial charge in [0, 0.05) is 10.7 Å². The number of thioether (sulfide) groups is 1. The molecule has 0 aliphatic rings. The van der Waals surface area contributed by atoms with Gasteiger partial charge in [-0.05, 0) is 35.0 Å². The van der Waals surface area contributed by atoms with Crippen LogP contribution in [-0.4, -0.2) is 23.3 Å². The fraction of sp³-hybridized carbons (Fsp3) is 0.333. The van der Waals surface area contributed by atoms with E-state index in [9.17, 15) is 4.79 Å². The van der Waals surface area contributed by atoms with Crippen LogP contribution in [0.1, 0.15) is 6.92 Å². The molecule has 0 amide bonds. The Labute approximate surface area is 95.4 Å². The Morgan fingerprint density at radius 3 is 3.00 bits per heavy atom. The van der Waals surface area contributed by atoms with Gasteiger partial charge in [-0.15, -0.1) is 0 Å². The number of hydrogen-bond acceptors (Lipinski definition) is 4. The average molecular weight is 276 g/mol. The molecule has 0 aliphatic heterocycles. The van der Waals surface area contributed by atoms with Gasteiger partial charge < -0.3 is 4.74 Å². The van der Waals surface area contributed by atoms with Crippen molar-refractivity contribution in [3.8, 4) is 0 Å². The van der Waals surface area contributed by atoms with E-state index in [1.54, 1.807) is 13.1 Å². The zero-order valence-corrected chi connectivity index (χ0v) is 10.3. The third-order valence-corrected chi connectivity index (χ3v) is 3.54. The largest absolute Gasteiger partial charge is 0.468 e. The molecule has 0 fully saturated rings. The summed E-state index contributed by atoms with van der Waals surface area (Å²) >= 11 is 4.73. The van der Waals surface area contributed by atoms with Crippen LogP contribution in [0.4, 0.5) is 0 Å². The fourth-order valence-electron chi connectivity index (χ4n) is 0.839. The molecule has 1 aromatic rings. The summed E-state index contributed by atoms with van der Waals surface area (Å²) in [6, 6.07) is 3.72. The molecule has 1 heterocycles. The highest BCUT2D eigenvalue weighted by Crippen LogP contribution is 2.28. The topological polar surface area (TPSA) is 39.2 Å². The van der Waals surface area contributed by atoms with Crippen LogP contribution in [0.25, 0.3) is 0 Å². The SMILES string of the molecule is COC(=O)C(C)Sc1ncccc1Br. The van der Waals surface area contributed by atoms with Gasteiger partial charge in [0.1, 0.15) is 10.3 Å². The summed E-state index contributed by atoms with van der Waals surface area (Å²) in [5.74, 6) is -0.243. The molecule has 0 saturated heterocycles. The number of hydrogen-bond donors (Lipinski definition) is 0. The number of nitrogens with zero attached hydrogens (tertiary/aromatic N) is 1. The summed E-state index contributed by atoms with van der Waals surface area (Å²) in [5, 5.41) is 0.552. The van der Waals surface area contributed by atoms with Crippen molar-refractivity contribution in [2.24, 2.45) is 0 Å². The minimum absolute atomic E-state index is 0.243. The smallest absolute Gasteiger partial charge is 0.318 e. The highest BCUT2D eigenvalue weighted by atomic mass is 79.9. The standard InChI is InChI=1S/C9H10BrNO2S/c1-6(9(12)13-2)14-8-7(10)4-3-5-11-8/h3-6H,1-2H3. The molecular formula is C9H10BrNO2S. The van der Waals surface area contributed by atoms with Crippen molar-refractivity contribution in [2.45, 2.75) is 17.2 Å². The zero-order chi connectivity index (χ0) is 10.6. The first-order chi connectivity index (χ1) is 6.65. The minimum atomic E-state index is -0.244. The van der Waals surface area contributed by atoms with Crippen molar-refractivity contribution in [3.63, 3.8) is 0 Å². The molecule has 3 nitrogen and oxygen atoms in total. The molecule has 1 rings (SSSR count). The Bertz CT molecular complexity index is 332.